The maximum Gasteiger partial charge on any atom is 0.243 e. The van der Waals surface area contributed by atoms with E-state index in [9.17, 15) is 18.0 Å². The molecular weight excluding hydrogens is 490 g/mol. The highest BCUT2D eigenvalue weighted by Crippen LogP contribution is 2.17. The van der Waals surface area contributed by atoms with Crippen molar-refractivity contribution in [3.8, 4) is 0 Å². The zero-order chi connectivity index (χ0) is 25.4. The Labute approximate surface area is 210 Å². The van der Waals surface area contributed by atoms with Crippen LogP contribution in [-0.4, -0.2) is 55.3 Å². The first-order valence-corrected chi connectivity index (χ1v) is 13.2. The molecule has 0 spiro atoms. The molecule has 10 heteroatoms. The number of sulfonamides is 1. The minimum Gasteiger partial charge on any atom is -0.467 e. The molecule has 0 unspecified atom stereocenters. The lowest BCUT2D eigenvalue weighted by Crippen LogP contribution is -2.52. The number of likely N-dealkylation sites (N-methyl/N-ethyl adjacent to an activating group) is 1. The normalized spacial score (nSPS) is 12.3. The van der Waals surface area contributed by atoms with E-state index in [-0.39, 0.29) is 25.4 Å². The summed E-state index contributed by atoms with van der Waals surface area (Å²) in [5.41, 5.74) is 1.61. The zero-order valence-electron chi connectivity index (χ0n) is 19.6. The second-order valence-corrected chi connectivity index (χ2v) is 10.7. The molecule has 0 saturated heterocycles. The van der Waals surface area contributed by atoms with Crippen molar-refractivity contribution in [3.63, 3.8) is 0 Å². The van der Waals surface area contributed by atoms with Crippen LogP contribution in [0.1, 0.15) is 16.9 Å². The number of halogens is 1. The molecule has 0 radical (unpaired) electrons. The van der Waals surface area contributed by atoms with Crippen molar-refractivity contribution in [3.05, 3.63) is 94.9 Å². The van der Waals surface area contributed by atoms with E-state index in [4.69, 9.17) is 16.0 Å². The highest BCUT2D eigenvalue weighted by Gasteiger charge is 2.32. The van der Waals surface area contributed by atoms with Crippen LogP contribution in [-0.2, 0) is 39.1 Å². The average molecular weight is 518 g/mol. The van der Waals surface area contributed by atoms with E-state index >= 15 is 0 Å². The van der Waals surface area contributed by atoms with Gasteiger partial charge in [-0.1, -0.05) is 54.1 Å². The highest BCUT2D eigenvalue weighted by molar-refractivity contribution is 7.88. The van der Waals surface area contributed by atoms with E-state index in [0.29, 0.717) is 10.8 Å². The molecule has 2 aromatic carbocycles. The average Bonchev–Trinajstić information content (AvgIpc) is 3.34. The Kier molecular flexibility index (Phi) is 9.08. The third kappa shape index (κ3) is 7.95. The molecule has 1 atom stereocenters. The Balaban J connectivity index is 1.93. The van der Waals surface area contributed by atoms with Crippen LogP contribution < -0.4 is 5.32 Å². The van der Waals surface area contributed by atoms with Gasteiger partial charge in [0.05, 0.1) is 25.6 Å². The molecule has 1 N–H and O–H groups in total. The van der Waals surface area contributed by atoms with Crippen molar-refractivity contribution in [1.29, 1.82) is 0 Å². The van der Waals surface area contributed by atoms with Crippen LogP contribution in [0.2, 0.25) is 5.02 Å². The van der Waals surface area contributed by atoms with Crippen LogP contribution in [0.4, 0.5) is 0 Å². The van der Waals surface area contributed by atoms with Gasteiger partial charge in [-0.05, 0) is 35.4 Å². The monoisotopic (exact) mass is 517 g/mol. The number of benzene rings is 2. The van der Waals surface area contributed by atoms with E-state index < -0.39 is 28.5 Å². The van der Waals surface area contributed by atoms with Crippen molar-refractivity contribution >= 4 is 33.4 Å². The van der Waals surface area contributed by atoms with Crippen LogP contribution in [0.3, 0.4) is 0 Å². The fourth-order valence-electron chi connectivity index (χ4n) is 3.44. The predicted molar refractivity (Wildman–Crippen MR) is 134 cm³/mol. The lowest BCUT2D eigenvalue weighted by Gasteiger charge is -2.32. The fraction of sp³-hybridized carbons (Fsp3) is 0.280. The smallest absolute Gasteiger partial charge is 0.243 e. The van der Waals surface area contributed by atoms with Crippen LogP contribution in [0.25, 0.3) is 0 Å². The summed E-state index contributed by atoms with van der Waals surface area (Å²) in [5, 5.41) is 3.38. The first kappa shape index (κ1) is 26.5. The van der Waals surface area contributed by atoms with Crippen LogP contribution in [0, 0.1) is 0 Å². The van der Waals surface area contributed by atoms with E-state index in [1.807, 2.05) is 30.3 Å². The Bertz CT molecular complexity index is 1220. The molecule has 186 valence electrons. The summed E-state index contributed by atoms with van der Waals surface area (Å²) >= 11 is 6.01. The first-order valence-electron chi connectivity index (χ1n) is 10.9. The Morgan fingerprint density at radius 2 is 1.69 bits per heavy atom. The summed E-state index contributed by atoms with van der Waals surface area (Å²) in [5.74, 6) is -0.305. The summed E-state index contributed by atoms with van der Waals surface area (Å²) in [6.07, 6.45) is 2.79. The molecule has 1 heterocycles. The molecule has 0 aliphatic rings. The van der Waals surface area contributed by atoms with E-state index in [0.717, 1.165) is 21.7 Å². The molecule has 0 bridgehead atoms. The van der Waals surface area contributed by atoms with Gasteiger partial charge in [-0.3, -0.25) is 9.59 Å². The number of carbonyl (C=O) groups excluding carboxylic acids is 2. The lowest BCUT2D eigenvalue weighted by molar-refractivity contribution is -0.141. The molecule has 2 amide bonds. The van der Waals surface area contributed by atoms with Crippen LogP contribution in [0.15, 0.2) is 77.4 Å². The molecule has 35 heavy (non-hydrogen) atoms. The van der Waals surface area contributed by atoms with Gasteiger partial charge in [-0.15, -0.1) is 0 Å². The first-order chi connectivity index (χ1) is 16.6. The zero-order valence-corrected chi connectivity index (χ0v) is 21.1. The van der Waals surface area contributed by atoms with Crippen molar-refractivity contribution < 1.29 is 22.4 Å². The van der Waals surface area contributed by atoms with Gasteiger partial charge < -0.3 is 14.6 Å². The minimum absolute atomic E-state index is 0.0965. The Hall–Kier alpha value is -3.14. The van der Waals surface area contributed by atoms with E-state index in [2.05, 4.69) is 5.32 Å². The lowest BCUT2D eigenvalue weighted by atomic mass is 10.0. The second kappa shape index (κ2) is 12.0. The van der Waals surface area contributed by atoms with Gasteiger partial charge in [-0.2, -0.15) is 4.31 Å². The fourth-order valence-corrected chi connectivity index (χ4v) is 3.92. The number of furan rings is 1. The third-order valence-electron chi connectivity index (χ3n) is 5.48. The number of carbonyl (C=O) groups is 2. The highest BCUT2D eigenvalue weighted by atomic mass is 35.5. The SMILES string of the molecule is CN(CC(=O)N(Cc1ccc(Cl)cc1)[C@@H](Cc1ccccc1)C(=O)NCc1ccco1)S(C)(=O)=O. The van der Waals surface area contributed by atoms with Crippen molar-refractivity contribution in [2.75, 3.05) is 19.8 Å². The second-order valence-electron chi connectivity index (χ2n) is 8.17. The van der Waals surface area contributed by atoms with Gasteiger partial charge in [0.2, 0.25) is 21.8 Å². The van der Waals surface area contributed by atoms with Gasteiger partial charge in [0.25, 0.3) is 0 Å². The maximum absolute atomic E-state index is 13.4. The maximum atomic E-state index is 13.4. The number of nitrogens with one attached hydrogen (secondary N) is 1. The Morgan fingerprint density at radius 3 is 2.29 bits per heavy atom. The Morgan fingerprint density at radius 1 is 1.00 bits per heavy atom. The molecule has 0 aliphatic carbocycles. The quantitative estimate of drug-likeness (QED) is 0.421. The standard InChI is InChI=1S/C25H28ClN3O5S/c1-28(35(2,32)33)18-24(30)29(17-20-10-12-21(26)13-11-20)23(15-19-7-4-3-5-8-19)25(31)27-16-22-9-6-14-34-22/h3-14,23H,15-18H2,1-2H3,(H,27,31)/t23-/m0/s1. The molecule has 0 fully saturated rings. The molecule has 0 saturated carbocycles. The van der Waals surface area contributed by atoms with Crippen LogP contribution in [0.5, 0.6) is 0 Å². The molecule has 1 aromatic heterocycles. The summed E-state index contributed by atoms with van der Waals surface area (Å²) < 4.78 is 30.2. The topological polar surface area (TPSA) is 99.9 Å². The summed E-state index contributed by atoms with van der Waals surface area (Å²) in [6, 6.07) is 18.8. The van der Waals surface area contributed by atoms with Crippen molar-refractivity contribution in [1.82, 2.24) is 14.5 Å². The largest absolute Gasteiger partial charge is 0.467 e. The number of rotatable bonds is 11. The van der Waals surface area contributed by atoms with E-state index in [1.165, 1.54) is 18.2 Å². The molecule has 3 rings (SSSR count). The molecular formula is C25H28ClN3O5S. The predicted octanol–water partition coefficient (Wildman–Crippen LogP) is 3.08. The summed E-state index contributed by atoms with van der Waals surface area (Å²) in [6.45, 7) is -0.147. The number of hydrogen-bond donors (Lipinski definition) is 1. The summed E-state index contributed by atoms with van der Waals surface area (Å²) in [4.78, 5) is 28.3. The van der Waals surface area contributed by atoms with Gasteiger partial charge in [0, 0.05) is 25.0 Å². The molecule has 0 aliphatic heterocycles. The number of nitrogens with zero attached hydrogens (tertiary/aromatic N) is 2. The van der Waals surface area contributed by atoms with Crippen LogP contribution >= 0.6 is 11.6 Å². The van der Waals surface area contributed by atoms with Gasteiger partial charge in [0.1, 0.15) is 11.8 Å². The number of hydrogen-bond acceptors (Lipinski definition) is 5. The third-order valence-corrected chi connectivity index (χ3v) is 6.99. The van der Waals surface area contributed by atoms with Crippen molar-refractivity contribution in [2.24, 2.45) is 0 Å². The number of amides is 2. The minimum atomic E-state index is -3.60. The van der Waals surface area contributed by atoms with Crippen molar-refractivity contribution in [2.45, 2.75) is 25.6 Å². The molecule has 8 nitrogen and oxygen atoms in total. The van der Waals surface area contributed by atoms with E-state index in [1.54, 1.807) is 36.4 Å². The van der Waals surface area contributed by atoms with Gasteiger partial charge >= 0.3 is 0 Å². The summed E-state index contributed by atoms with van der Waals surface area (Å²) in [7, 11) is -2.27. The van der Waals surface area contributed by atoms with Gasteiger partial charge in [-0.25, -0.2) is 8.42 Å². The molecule has 3 aromatic rings. The van der Waals surface area contributed by atoms with Gasteiger partial charge in [0.15, 0.2) is 0 Å².